The number of amides is 1. The van der Waals surface area contributed by atoms with Crippen LogP contribution in [0.15, 0.2) is 47.4 Å². The minimum absolute atomic E-state index is 0.0975. The van der Waals surface area contributed by atoms with Crippen molar-refractivity contribution in [3.63, 3.8) is 0 Å². The van der Waals surface area contributed by atoms with Gasteiger partial charge in [-0.25, -0.2) is 0 Å². The van der Waals surface area contributed by atoms with Crippen LogP contribution in [0.2, 0.25) is 0 Å². The van der Waals surface area contributed by atoms with E-state index in [0.717, 1.165) is 49.1 Å². The number of para-hydroxylation sites is 1. The standard InChI is InChI=1S/C22H29N3O2S/c1-17-8-9-20(27-2)18(14-17)15-24-10-12-25(13-11-24)16-22(26)23-19-6-4-5-7-21(19)28-3/h4-9,14H,10-13,15-16H2,1-3H3,(H,23,26)/p+2. The van der Waals surface area contributed by atoms with Gasteiger partial charge in [0.15, 0.2) is 6.54 Å². The molecule has 1 aliphatic rings. The monoisotopic (exact) mass is 401 g/mol. The highest BCUT2D eigenvalue weighted by atomic mass is 32.2. The summed E-state index contributed by atoms with van der Waals surface area (Å²) in [6, 6.07) is 14.3. The fourth-order valence-corrected chi connectivity index (χ4v) is 4.35. The van der Waals surface area contributed by atoms with Crippen molar-refractivity contribution in [2.24, 2.45) is 0 Å². The van der Waals surface area contributed by atoms with Crippen LogP contribution in [0.4, 0.5) is 5.69 Å². The molecule has 1 heterocycles. The van der Waals surface area contributed by atoms with Crippen LogP contribution in [0.25, 0.3) is 0 Å². The Morgan fingerprint density at radius 3 is 2.54 bits per heavy atom. The van der Waals surface area contributed by atoms with Crippen molar-refractivity contribution in [2.45, 2.75) is 18.4 Å². The molecule has 1 amide bonds. The molecule has 1 aliphatic heterocycles. The molecular weight excluding hydrogens is 370 g/mol. The number of benzene rings is 2. The van der Waals surface area contributed by atoms with Gasteiger partial charge >= 0.3 is 0 Å². The van der Waals surface area contributed by atoms with Gasteiger partial charge in [-0.3, -0.25) is 4.79 Å². The number of ether oxygens (including phenoxy) is 1. The molecule has 0 bridgehead atoms. The maximum Gasteiger partial charge on any atom is 0.279 e. The molecule has 3 N–H and O–H groups in total. The third-order valence-electron chi connectivity index (χ3n) is 5.33. The van der Waals surface area contributed by atoms with E-state index in [-0.39, 0.29) is 5.91 Å². The number of anilines is 1. The third-order valence-corrected chi connectivity index (χ3v) is 6.13. The normalized spacial score (nSPS) is 19.2. The average Bonchev–Trinajstić information content (AvgIpc) is 2.70. The number of thioether (sulfide) groups is 1. The lowest BCUT2D eigenvalue weighted by Gasteiger charge is -2.29. The number of nitrogens with one attached hydrogen (secondary N) is 3. The molecule has 2 aromatic carbocycles. The lowest BCUT2D eigenvalue weighted by molar-refractivity contribution is -1.02. The minimum atomic E-state index is 0.0975. The average molecular weight is 402 g/mol. The predicted octanol–water partition coefficient (Wildman–Crippen LogP) is 0.648. The van der Waals surface area contributed by atoms with E-state index >= 15 is 0 Å². The molecule has 28 heavy (non-hydrogen) atoms. The van der Waals surface area contributed by atoms with Gasteiger partial charge in [-0.2, -0.15) is 0 Å². The molecule has 6 heteroatoms. The number of quaternary nitrogens is 2. The lowest BCUT2D eigenvalue weighted by atomic mass is 10.1. The maximum absolute atomic E-state index is 12.5. The molecule has 0 aromatic heterocycles. The van der Waals surface area contributed by atoms with E-state index in [2.05, 4.69) is 30.4 Å². The number of rotatable bonds is 7. The van der Waals surface area contributed by atoms with Crippen LogP contribution in [0.3, 0.4) is 0 Å². The summed E-state index contributed by atoms with van der Waals surface area (Å²) in [5.74, 6) is 1.07. The summed E-state index contributed by atoms with van der Waals surface area (Å²) in [4.78, 5) is 16.5. The van der Waals surface area contributed by atoms with Crippen molar-refractivity contribution in [1.82, 2.24) is 0 Å². The quantitative estimate of drug-likeness (QED) is 0.597. The predicted molar refractivity (Wildman–Crippen MR) is 115 cm³/mol. The Balaban J connectivity index is 1.49. The number of aryl methyl sites for hydroxylation is 1. The topological polar surface area (TPSA) is 47.2 Å². The molecule has 1 fully saturated rings. The van der Waals surface area contributed by atoms with Crippen LogP contribution < -0.4 is 19.9 Å². The molecule has 5 nitrogen and oxygen atoms in total. The number of piperazine rings is 1. The molecule has 150 valence electrons. The van der Waals surface area contributed by atoms with Gasteiger partial charge in [0.2, 0.25) is 0 Å². The summed E-state index contributed by atoms with van der Waals surface area (Å²) >= 11 is 1.65. The van der Waals surface area contributed by atoms with Gasteiger partial charge in [-0.1, -0.05) is 23.8 Å². The molecular formula is C22H31N3O2S+2. The van der Waals surface area contributed by atoms with Gasteiger partial charge in [0.05, 0.1) is 12.8 Å². The van der Waals surface area contributed by atoms with Crippen molar-refractivity contribution >= 4 is 23.4 Å². The number of hydrogen-bond acceptors (Lipinski definition) is 3. The third kappa shape index (κ3) is 5.50. The van der Waals surface area contributed by atoms with Crippen molar-refractivity contribution in [3.8, 4) is 5.75 Å². The first kappa shape index (κ1) is 20.7. The SMILES string of the molecule is COc1ccc(C)cc1C[NH+]1CC[NH+](CC(=O)Nc2ccccc2SC)CC1. The lowest BCUT2D eigenvalue weighted by Crippen LogP contribution is -3.28. The highest BCUT2D eigenvalue weighted by Crippen LogP contribution is 2.24. The molecule has 0 saturated carbocycles. The number of hydrogen-bond donors (Lipinski definition) is 3. The summed E-state index contributed by atoms with van der Waals surface area (Å²) in [5.41, 5.74) is 3.45. The molecule has 0 atom stereocenters. The largest absolute Gasteiger partial charge is 0.496 e. The van der Waals surface area contributed by atoms with E-state index in [1.165, 1.54) is 16.0 Å². The number of carbonyl (C=O) groups is 1. The molecule has 0 unspecified atom stereocenters. The summed E-state index contributed by atoms with van der Waals surface area (Å²) < 4.78 is 5.52. The summed E-state index contributed by atoms with van der Waals surface area (Å²) in [6.07, 6.45) is 2.03. The zero-order valence-corrected chi connectivity index (χ0v) is 17.8. The number of methoxy groups -OCH3 is 1. The Kier molecular flexibility index (Phi) is 7.36. The zero-order chi connectivity index (χ0) is 19.9. The van der Waals surface area contributed by atoms with Crippen LogP contribution in [0, 0.1) is 6.92 Å². The maximum atomic E-state index is 12.5. The van der Waals surface area contributed by atoms with Crippen LogP contribution >= 0.6 is 11.8 Å². The first-order valence-corrected chi connectivity index (χ1v) is 11.0. The van der Waals surface area contributed by atoms with Crippen LogP contribution in [0.5, 0.6) is 5.75 Å². The first-order chi connectivity index (χ1) is 13.6. The Labute approximate surface area is 172 Å². The number of carbonyl (C=O) groups excluding carboxylic acids is 1. The van der Waals surface area contributed by atoms with E-state index in [4.69, 9.17) is 4.74 Å². The summed E-state index contributed by atoms with van der Waals surface area (Å²) in [6.45, 7) is 7.80. The van der Waals surface area contributed by atoms with E-state index in [1.54, 1.807) is 23.8 Å². The fourth-order valence-electron chi connectivity index (χ4n) is 3.79. The van der Waals surface area contributed by atoms with E-state index < -0.39 is 0 Å². The van der Waals surface area contributed by atoms with Crippen molar-refractivity contribution in [2.75, 3.05) is 51.4 Å². The zero-order valence-electron chi connectivity index (χ0n) is 17.0. The van der Waals surface area contributed by atoms with Crippen LogP contribution in [0.1, 0.15) is 11.1 Å². The Hall–Kier alpha value is -2.02. The Bertz CT molecular complexity index is 804. The minimum Gasteiger partial charge on any atom is -0.496 e. The van der Waals surface area contributed by atoms with Gasteiger partial charge in [0.1, 0.15) is 38.5 Å². The van der Waals surface area contributed by atoms with Crippen LogP contribution in [-0.2, 0) is 11.3 Å². The fraction of sp³-hybridized carbons (Fsp3) is 0.409. The highest BCUT2D eigenvalue weighted by Gasteiger charge is 2.25. The molecule has 0 radical (unpaired) electrons. The van der Waals surface area contributed by atoms with E-state index in [1.807, 2.05) is 30.5 Å². The molecule has 0 spiro atoms. The van der Waals surface area contributed by atoms with Gasteiger partial charge < -0.3 is 19.9 Å². The summed E-state index contributed by atoms with van der Waals surface area (Å²) in [7, 11) is 1.74. The summed E-state index contributed by atoms with van der Waals surface area (Å²) in [5, 5.41) is 3.08. The van der Waals surface area contributed by atoms with Crippen molar-refractivity contribution in [3.05, 3.63) is 53.6 Å². The second-order valence-corrected chi connectivity index (χ2v) is 8.27. The smallest absolute Gasteiger partial charge is 0.279 e. The first-order valence-electron chi connectivity index (χ1n) is 9.82. The van der Waals surface area contributed by atoms with Gasteiger partial charge in [-0.15, -0.1) is 11.8 Å². The van der Waals surface area contributed by atoms with E-state index in [0.29, 0.717) is 6.54 Å². The Morgan fingerprint density at radius 1 is 1.11 bits per heavy atom. The van der Waals surface area contributed by atoms with Gasteiger partial charge in [-0.05, 0) is 37.4 Å². The highest BCUT2D eigenvalue weighted by molar-refractivity contribution is 7.98. The van der Waals surface area contributed by atoms with E-state index in [9.17, 15) is 4.79 Å². The van der Waals surface area contributed by atoms with Gasteiger partial charge in [0.25, 0.3) is 5.91 Å². The van der Waals surface area contributed by atoms with Gasteiger partial charge in [0, 0.05) is 10.5 Å². The molecule has 3 rings (SSSR count). The van der Waals surface area contributed by atoms with Crippen molar-refractivity contribution in [1.29, 1.82) is 0 Å². The second-order valence-electron chi connectivity index (χ2n) is 7.42. The van der Waals surface area contributed by atoms with Crippen LogP contribution in [-0.4, -0.2) is 52.0 Å². The van der Waals surface area contributed by atoms with Crippen molar-refractivity contribution < 1.29 is 19.3 Å². The molecule has 0 aliphatic carbocycles. The molecule has 1 saturated heterocycles. The molecule has 2 aromatic rings. The Morgan fingerprint density at radius 2 is 1.82 bits per heavy atom. The second kappa shape index (κ2) is 9.96.